The summed E-state index contributed by atoms with van der Waals surface area (Å²) in [6.45, 7) is 4.28. The smallest absolute Gasteiger partial charge is 0.272 e. The first-order chi connectivity index (χ1) is 11.5. The standard InChI is InChI=1S/C16H22N6O2/c1-9-7-12-13(10(2)24-9)20-21-14(12)15(23)18-8-11-5-6-17-16(19-11)22(3)4/h5-6,9-10H,7-8H2,1-4H3,(H,18,23)(H,20,21)/t9-,10+/m1/s1. The van der Waals surface area contributed by atoms with Gasteiger partial charge in [-0.15, -0.1) is 0 Å². The van der Waals surface area contributed by atoms with Crippen LogP contribution < -0.4 is 10.2 Å². The van der Waals surface area contributed by atoms with Gasteiger partial charge < -0.3 is 15.0 Å². The lowest BCUT2D eigenvalue weighted by Crippen LogP contribution is -2.28. The zero-order chi connectivity index (χ0) is 17.3. The topological polar surface area (TPSA) is 96.0 Å². The predicted octanol–water partition coefficient (Wildman–Crippen LogP) is 1.22. The van der Waals surface area contributed by atoms with Gasteiger partial charge in [-0.1, -0.05) is 0 Å². The van der Waals surface area contributed by atoms with E-state index in [0.717, 1.165) is 17.0 Å². The molecule has 0 saturated carbocycles. The maximum Gasteiger partial charge on any atom is 0.272 e. The van der Waals surface area contributed by atoms with E-state index in [9.17, 15) is 4.79 Å². The Morgan fingerprint density at radius 2 is 2.25 bits per heavy atom. The quantitative estimate of drug-likeness (QED) is 0.875. The minimum atomic E-state index is -0.209. The summed E-state index contributed by atoms with van der Waals surface area (Å²) in [6, 6.07) is 1.78. The zero-order valence-corrected chi connectivity index (χ0v) is 14.3. The number of aromatic nitrogens is 4. The lowest BCUT2D eigenvalue weighted by molar-refractivity contribution is -0.00697. The molecular weight excluding hydrogens is 308 g/mol. The van der Waals surface area contributed by atoms with Crippen molar-refractivity contribution in [2.24, 2.45) is 0 Å². The lowest BCUT2D eigenvalue weighted by atomic mass is 9.99. The van der Waals surface area contributed by atoms with Crippen LogP contribution in [0.25, 0.3) is 0 Å². The average Bonchev–Trinajstić information content (AvgIpc) is 2.97. The molecule has 0 aliphatic carbocycles. The van der Waals surface area contributed by atoms with Crippen molar-refractivity contribution in [2.75, 3.05) is 19.0 Å². The number of anilines is 1. The van der Waals surface area contributed by atoms with Crippen molar-refractivity contribution in [1.29, 1.82) is 0 Å². The van der Waals surface area contributed by atoms with Crippen molar-refractivity contribution in [3.8, 4) is 0 Å². The van der Waals surface area contributed by atoms with Gasteiger partial charge in [-0.25, -0.2) is 9.97 Å². The normalized spacial score (nSPS) is 19.7. The van der Waals surface area contributed by atoms with E-state index < -0.39 is 0 Å². The van der Waals surface area contributed by atoms with Crippen molar-refractivity contribution in [2.45, 2.75) is 39.0 Å². The van der Waals surface area contributed by atoms with Crippen LogP contribution in [0.2, 0.25) is 0 Å². The van der Waals surface area contributed by atoms with E-state index in [0.29, 0.717) is 24.6 Å². The van der Waals surface area contributed by atoms with E-state index in [1.807, 2.05) is 32.8 Å². The largest absolute Gasteiger partial charge is 0.369 e. The Hall–Kier alpha value is -2.48. The van der Waals surface area contributed by atoms with Crippen LogP contribution in [0.3, 0.4) is 0 Å². The number of rotatable bonds is 4. The third kappa shape index (κ3) is 3.23. The Morgan fingerprint density at radius 3 is 3.00 bits per heavy atom. The van der Waals surface area contributed by atoms with Crippen LogP contribution in [-0.2, 0) is 17.7 Å². The van der Waals surface area contributed by atoms with Gasteiger partial charge in [0.2, 0.25) is 5.95 Å². The van der Waals surface area contributed by atoms with E-state index >= 15 is 0 Å². The van der Waals surface area contributed by atoms with Gasteiger partial charge in [-0.05, 0) is 19.9 Å². The van der Waals surface area contributed by atoms with Crippen LogP contribution in [0.4, 0.5) is 5.95 Å². The molecule has 2 atom stereocenters. The zero-order valence-electron chi connectivity index (χ0n) is 14.3. The average molecular weight is 330 g/mol. The second kappa shape index (κ2) is 6.56. The molecule has 24 heavy (non-hydrogen) atoms. The molecule has 0 bridgehead atoms. The van der Waals surface area contributed by atoms with E-state index in [2.05, 4.69) is 25.5 Å². The van der Waals surface area contributed by atoms with Gasteiger partial charge in [0.25, 0.3) is 5.91 Å². The molecule has 2 N–H and O–H groups in total. The van der Waals surface area contributed by atoms with E-state index in [1.54, 1.807) is 12.3 Å². The van der Waals surface area contributed by atoms with Crippen molar-refractivity contribution in [3.05, 3.63) is 34.9 Å². The molecule has 0 radical (unpaired) electrons. The summed E-state index contributed by atoms with van der Waals surface area (Å²) in [5.74, 6) is 0.400. The van der Waals surface area contributed by atoms with E-state index in [4.69, 9.17) is 4.74 Å². The summed E-state index contributed by atoms with van der Waals surface area (Å²) in [4.78, 5) is 22.9. The van der Waals surface area contributed by atoms with Crippen LogP contribution in [0.1, 0.15) is 47.4 Å². The molecule has 1 aliphatic heterocycles. The number of fused-ring (bicyclic) bond motifs is 1. The van der Waals surface area contributed by atoms with Crippen molar-refractivity contribution in [3.63, 3.8) is 0 Å². The second-order valence-electron chi connectivity index (χ2n) is 6.18. The van der Waals surface area contributed by atoms with Gasteiger partial charge in [0.05, 0.1) is 30.1 Å². The first-order valence-corrected chi connectivity index (χ1v) is 7.95. The van der Waals surface area contributed by atoms with Gasteiger partial charge in [-0.2, -0.15) is 5.10 Å². The molecule has 1 aliphatic rings. The van der Waals surface area contributed by atoms with Crippen LogP contribution in [0, 0.1) is 0 Å². The van der Waals surface area contributed by atoms with Crippen LogP contribution in [0.15, 0.2) is 12.3 Å². The highest BCUT2D eigenvalue weighted by molar-refractivity contribution is 5.94. The van der Waals surface area contributed by atoms with Gasteiger partial charge in [0.1, 0.15) is 0 Å². The summed E-state index contributed by atoms with van der Waals surface area (Å²) >= 11 is 0. The van der Waals surface area contributed by atoms with Crippen LogP contribution in [0.5, 0.6) is 0 Å². The Balaban J connectivity index is 1.71. The summed E-state index contributed by atoms with van der Waals surface area (Å²) in [5, 5.41) is 9.99. The molecular formula is C16H22N6O2. The van der Waals surface area contributed by atoms with Gasteiger partial charge in [0.15, 0.2) is 5.69 Å². The number of aromatic amines is 1. The first-order valence-electron chi connectivity index (χ1n) is 7.95. The fourth-order valence-corrected chi connectivity index (χ4v) is 2.81. The Bertz CT molecular complexity index is 742. The van der Waals surface area contributed by atoms with Crippen LogP contribution >= 0.6 is 0 Å². The summed E-state index contributed by atoms with van der Waals surface area (Å²) in [6.07, 6.45) is 2.35. The van der Waals surface area contributed by atoms with E-state index in [-0.39, 0.29) is 18.1 Å². The number of hydrogen-bond acceptors (Lipinski definition) is 6. The Morgan fingerprint density at radius 1 is 1.46 bits per heavy atom. The fourth-order valence-electron chi connectivity index (χ4n) is 2.81. The predicted molar refractivity (Wildman–Crippen MR) is 88.8 cm³/mol. The number of amides is 1. The highest BCUT2D eigenvalue weighted by Gasteiger charge is 2.29. The number of nitrogens with one attached hydrogen (secondary N) is 2. The Kier molecular flexibility index (Phi) is 4.48. The SMILES string of the molecule is C[C@@H]1Cc2c(C(=O)NCc3ccnc(N(C)C)n3)n[nH]c2[C@H](C)O1. The molecule has 2 aromatic rings. The number of ether oxygens (including phenoxy) is 1. The molecule has 0 unspecified atom stereocenters. The number of nitrogens with zero attached hydrogens (tertiary/aromatic N) is 4. The third-order valence-electron chi connectivity index (χ3n) is 3.98. The molecule has 0 spiro atoms. The number of carbonyl (C=O) groups excluding carboxylic acids is 1. The highest BCUT2D eigenvalue weighted by Crippen LogP contribution is 2.30. The lowest BCUT2D eigenvalue weighted by Gasteiger charge is -2.25. The minimum Gasteiger partial charge on any atom is -0.369 e. The van der Waals surface area contributed by atoms with Crippen molar-refractivity contribution in [1.82, 2.24) is 25.5 Å². The number of carbonyl (C=O) groups is 1. The highest BCUT2D eigenvalue weighted by atomic mass is 16.5. The summed E-state index contributed by atoms with van der Waals surface area (Å²) < 4.78 is 5.75. The molecule has 2 aromatic heterocycles. The van der Waals surface area contributed by atoms with Crippen molar-refractivity contribution < 1.29 is 9.53 Å². The second-order valence-corrected chi connectivity index (χ2v) is 6.18. The van der Waals surface area contributed by atoms with Gasteiger partial charge >= 0.3 is 0 Å². The molecule has 0 saturated heterocycles. The number of hydrogen-bond donors (Lipinski definition) is 2. The number of H-pyrrole nitrogens is 1. The molecule has 8 heteroatoms. The third-order valence-corrected chi connectivity index (χ3v) is 3.98. The van der Waals surface area contributed by atoms with Gasteiger partial charge in [0, 0.05) is 32.3 Å². The molecule has 0 aromatic carbocycles. The van der Waals surface area contributed by atoms with Gasteiger partial charge in [-0.3, -0.25) is 9.89 Å². The minimum absolute atomic E-state index is 0.0705. The monoisotopic (exact) mass is 330 g/mol. The van der Waals surface area contributed by atoms with E-state index in [1.165, 1.54) is 0 Å². The molecule has 8 nitrogen and oxygen atoms in total. The first kappa shape index (κ1) is 16.4. The molecule has 1 amide bonds. The Labute approximate surface area is 140 Å². The van der Waals surface area contributed by atoms with Crippen molar-refractivity contribution >= 4 is 11.9 Å². The molecule has 3 rings (SSSR count). The molecule has 3 heterocycles. The maximum absolute atomic E-state index is 12.5. The summed E-state index contributed by atoms with van der Waals surface area (Å²) in [7, 11) is 3.75. The summed E-state index contributed by atoms with van der Waals surface area (Å²) in [5.41, 5.74) is 3.01. The molecule has 128 valence electrons. The fraction of sp³-hybridized carbons (Fsp3) is 0.500. The molecule has 0 fully saturated rings. The maximum atomic E-state index is 12.5. The van der Waals surface area contributed by atoms with Crippen LogP contribution in [-0.4, -0.2) is 46.3 Å².